The molecule has 174 valence electrons. The van der Waals surface area contributed by atoms with Gasteiger partial charge in [0, 0.05) is 17.7 Å². The number of nitriles is 1. The van der Waals surface area contributed by atoms with Crippen molar-refractivity contribution >= 4 is 23.3 Å². The van der Waals surface area contributed by atoms with Crippen molar-refractivity contribution in [1.82, 2.24) is 9.97 Å². The van der Waals surface area contributed by atoms with Gasteiger partial charge in [0.05, 0.1) is 37.5 Å². The van der Waals surface area contributed by atoms with Crippen LogP contribution in [0.25, 0.3) is 11.3 Å². The fraction of sp³-hybridized carbons (Fsp3) is 0.435. The predicted octanol–water partition coefficient (Wildman–Crippen LogP) is 3.62. The van der Waals surface area contributed by atoms with Crippen LogP contribution >= 0.6 is 0 Å². The molecule has 0 saturated heterocycles. The van der Waals surface area contributed by atoms with E-state index in [0.717, 1.165) is 22.4 Å². The molecule has 1 unspecified atom stereocenters. The Kier molecular flexibility index (Phi) is 6.81. The van der Waals surface area contributed by atoms with Crippen molar-refractivity contribution < 1.29 is 13.9 Å². The summed E-state index contributed by atoms with van der Waals surface area (Å²) in [5, 5.41) is 25.0. The van der Waals surface area contributed by atoms with Crippen molar-refractivity contribution in [2.45, 2.75) is 45.2 Å². The molecule has 1 atom stereocenters. The molecular weight excluding hydrogens is 425 g/mol. The van der Waals surface area contributed by atoms with Gasteiger partial charge < -0.3 is 20.1 Å². The molecule has 10 heteroatoms. The first-order valence-corrected chi connectivity index (χ1v) is 10.5. The third-order valence-electron chi connectivity index (χ3n) is 5.63. The number of nitrogens with two attached hydrogens (primary N) is 1. The highest BCUT2D eigenvalue weighted by Crippen LogP contribution is 2.49. The number of hydrogen-bond donors (Lipinski definition) is 3. The Balaban J connectivity index is 2.14. The maximum Gasteiger partial charge on any atom is 0.223 e. The van der Waals surface area contributed by atoms with Crippen LogP contribution in [0.1, 0.15) is 38.3 Å². The van der Waals surface area contributed by atoms with Crippen molar-refractivity contribution in [1.29, 1.82) is 16.1 Å². The van der Waals surface area contributed by atoms with Gasteiger partial charge in [-0.2, -0.15) is 5.26 Å². The number of benzene rings is 1. The molecule has 0 saturated carbocycles. The fourth-order valence-electron chi connectivity index (χ4n) is 4.20. The number of nitrogens with one attached hydrogen (secondary N) is 2. The van der Waals surface area contributed by atoms with Gasteiger partial charge in [-0.15, -0.1) is 0 Å². The molecule has 0 bridgehead atoms. The molecule has 0 spiro atoms. The Hall–Kier alpha value is -3.74. The topological polar surface area (TPSA) is 145 Å². The van der Waals surface area contributed by atoms with Crippen LogP contribution in [-0.2, 0) is 16.6 Å². The summed E-state index contributed by atoms with van der Waals surface area (Å²) in [5.74, 6) is 0.0618. The number of fused-ring (bicyclic) bond motifs is 3. The number of hydrogen-bond acceptors (Lipinski definition) is 9. The first kappa shape index (κ1) is 23.9. The third kappa shape index (κ3) is 4.72. The van der Waals surface area contributed by atoms with E-state index < -0.39 is 12.1 Å². The molecule has 33 heavy (non-hydrogen) atoms. The van der Waals surface area contributed by atoms with E-state index in [1.54, 1.807) is 12.0 Å². The molecule has 1 aliphatic carbocycles. The maximum absolute atomic E-state index is 13.4. The van der Waals surface area contributed by atoms with E-state index >= 15 is 0 Å². The summed E-state index contributed by atoms with van der Waals surface area (Å²) in [5.41, 5.74) is 9.94. The van der Waals surface area contributed by atoms with Gasteiger partial charge in [-0.25, -0.2) is 14.4 Å². The minimum atomic E-state index is -1.63. The van der Waals surface area contributed by atoms with Crippen molar-refractivity contribution in [2.75, 3.05) is 30.8 Å². The molecule has 0 radical (unpaired) electrons. The summed E-state index contributed by atoms with van der Waals surface area (Å²) in [6.45, 7) is 5.52. The van der Waals surface area contributed by atoms with Crippen LogP contribution in [0.5, 0.6) is 5.75 Å². The number of nitrogens with zero attached hydrogens (tertiary/aromatic N) is 4. The van der Waals surface area contributed by atoms with E-state index in [9.17, 15) is 9.65 Å². The Morgan fingerprint density at radius 1 is 1.36 bits per heavy atom. The second kappa shape index (κ2) is 9.40. The predicted molar refractivity (Wildman–Crippen MR) is 125 cm³/mol. The summed E-state index contributed by atoms with van der Waals surface area (Å²) in [4.78, 5) is 10.5. The summed E-state index contributed by atoms with van der Waals surface area (Å²) in [6.07, 6.45) is 0.587. The Morgan fingerprint density at radius 2 is 2.09 bits per heavy atom. The molecule has 9 nitrogen and oxygen atoms in total. The van der Waals surface area contributed by atoms with Gasteiger partial charge in [0.15, 0.2) is 6.17 Å². The number of aromatic nitrogens is 2. The average molecular weight is 454 g/mol. The van der Waals surface area contributed by atoms with E-state index in [0.29, 0.717) is 23.7 Å². The van der Waals surface area contributed by atoms with Crippen LogP contribution in [0.2, 0.25) is 0 Å². The minimum Gasteiger partial charge on any atom is -0.495 e. The maximum atomic E-state index is 13.4. The lowest BCUT2D eigenvalue weighted by Gasteiger charge is -2.37. The average Bonchev–Trinajstić information content (AvgIpc) is 2.75. The molecule has 4 N–H and O–H groups in total. The summed E-state index contributed by atoms with van der Waals surface area (Å²) in [6, 6.07) is 5.85. The number of ether oxygens (including phenoxy) is 2. The molecule has 2 aromatic rings. The van der Waals surface area contributed by atoms with Crippen LogP contribution in [0, 0.1) is 22.1 Å². The van der Waals surface area contributed by atoms with Crippen LogP contribution in [0.3, 0.4) is 0 Å². The first-order chi connectivity index (χ1) is 15.6. The second-order valence-corrected chi connectivity index (χ2v) is 8.52. The van der Waals surface area contributed by atoms with Crippen LogP contribution in [0.15, 0.2) is 18.5 Å². The molecule has 3 rings (SSSR count). The van der Waals surface area contributed by atoms with E-state index in [-0.39, 0.29) is 30.8 Å². The van der Waals surface area contributed by atoms with Crippen molar-refractivity contribution in [2.24, 2.45) is 0 Å². The van der Waals surface area contributed by atoms with Gasteiger partial charge in [-0.3, -0.25) is 10.8 Å². The van der Waals surface area contributed by atoms with Gasteiger partial charge in [0.25, 0.3) is 0 Å². The molecule has 0 fully saturated rings. The summed E-state index contributed by atoms with van der Waals surface area (Å²) in [7, 11) is 1.55. The zero-order chi connectivity index (χ0) is 24.3. The van der Waals surface area contributed by atoms with Crippen LogP contribution in [0.4, 0.5) is 15.9 Å². The molecule has 1 aromatic heterocycles. The number of anilines is 2. The van der Waals surface area contributed by atoms with Crippen molar-refractivity contribution in [3.05, 3.63) is 29.6 Å². The zero-order valence-electron chi connectivity index (χ0n) is 19.2. The lowest BCUT2D eigenvalue weighted by Crippen LogP contribution is -2.36. The van der Waals surface area contributed by atoms with Gasteiger partial charge in [0.1, 0.15) is 17.9 Å². The van der Waals surface area contributed by atoms with E-state index in [4.69, 9.17) is 26.0 Å². The second-order valence-electron chi connectivity index (χ2n) is 8.52. The Morgan fingerprint density at radius 3 is 2.73 bits per heavy atom. The molecule has 0 amide bonds. The van der Waals surface area contributed by atoms with Gasteiger partial charge in [-0.05, 0) is 36.5 Å². The van der Waals surface area contributed by atoms with Gasteiger partial charge >= 0.3 is 0 Å². The lowest BCUT2D eigenvalue weighted by molar-refractivity contribution is 0.379. The molecule has 1 aromatic carbocycles. The van der Waals surface area contributed by atoms with E-state index in [1.807, 2.05) is 12.1 Å². The quantitative estimate of drug-likeness (QED) is 0.429. The summed E-state index contributed by atoms with van der Waals surface area (Å²) < 4.78 is 24.1. The monoisotopic (exact) mass is 453 g/mol. The largest absolute Gasteiger partial charge is 0.495 e. The zero-order valence-corrected chi connectivity index (χ0v) is 19.2. The van der Waals surface area contributed by atoms with Gasteiger partial charge in [0.2, 0.25) is 11.8 Å². The number of rotatable bonds is 7. The standard InChI is InChI=1S/C23H28FN7O2/c1-13(24)22(28)33-17(26)11-31(9-5-8-25)20-15-10-23(2,3)18-19(29-12-30-21(18)27)14(15)6-7-16(20)32-4/h6-7,12-13,26,28H,5,9-11H2,1-4H3,(H2,27,29,30). The van der Waals surface area contributed by atoms with Crippen LogP contribution < -0.4 is 15.4 Å². The van der Waals surface area contributed by atoms with Gasteiger partial charge in [-0.1, -0.05) is 13.8 Å². The van der Waals surface area contributed by atoms with Crippen molar-refractivity contribution in [3.63, 3.8) is 0 Å². The number of alkyl halides is 1. The van der Waals surface area contributed by atoms with Crippen LogP contribution in [-0.4, -0.2) is 48.1 Å². The smallest absolute Gasteiger partial charge is 0.223 e. The highest BCUT2D eigenvalue weighted by atomic mass is 19.1. The highest BCUT2D eigenvalue weighted by Gasteiger charge is 2.37. The number of nitrogen functional groups attached to an aromatic ring is 1. The van der Waals surface area contributed by atoms with E-state index in [1.165, 1.54) is 13.3 Å². The minimum absolute atomic E-state index is 0.0667. The fourth-order valence-corrected chi connectivity index (χ4v) is 4.20. The van der Waals surface area contributed by atoms with Crippen molar-refractivity contribution in [3.8, 4) is 23.1 Å². The SMILES string of the molecule is COc1ccc2c(c1N(CCC#N)CC(=N)OC(=N)C(C)F)CC(C)(C)c1c(N)ncnc1-2. The van der Waals surface area contributed by atoms with E-state index in [2.05, 4.69) is 29.9 Å². The molecule has 0 aliphatic heterocycles. The first-order valence-electron chi connectivity index (χ1n) is 10.5. The highest BCUT2D eigenvalue weighted by molar-refractivity contribution is 5.93. The lowest BCUT2D eigenvalue weighted by atomic mass is 9.71. The summed E-state index contributed by atoms with van der Waals surface area (Å²) >= 11 is 0. The molecule has 1 heterocycles. The Bertz CT molecular complexity index is 1120. The molecule has 1 aliphatic rings. The third-order valence-corrected chi connectivity index (χ3v) is 5.63. The number of methoxy groups -OCH3 is 1. The normalized spacial score (nSPS) is 14.3. The number of halogens is 1. The Labute approximate surface area is 192 Å². The molecular formula is C23H28FN7O2.